The van der Waals surface area contributed by atoms with E-state index in [9.17, 15) is 19.2 Å². The molecule has 1 aliphatic heterocycles. The Morgan fingerprint density at radius 3 is 2.67 bits per heavy atom. The molecule has 1 saturated carbocycles. The maximum absolute atomic E-state index is 15.0. The van der Waals surface area contributed by atoms with Crippen molar-refractivity contribution in [1.82, 2.24) is 24.3 Å². The monoisotopic (exact) mass is 489 g/mol. The maximum atomic E-state index is 15.0. The molecule has 36 heavy (non-hydrogen) atoms. The first-order chi connectivity index (χ1) is 17.4. The van der Waals surface area contributed by atoms with Gasteiger partial charge in [-0.15, -0.1) is 0 Å². The van der Waals surface area contributed by atoms with Gasteiger partial charge >= 0.3 is 0 Å². The van der Waals surface area contributed by atoms with Crippen LogP contribution in [0.15, 0.2) is 35.3 Å². The zero-order chi connectivity index (χ0) is 25.4. The van der Waals surface area contributed by atoms with Gasteiger partial charge in [-0.3, -0.25) is 14.2 Å². The number of carbonyl (C=O) groups excluding carboxylic acids is 1. The normalized spacial score (nSPS) is 18.2. The first-order valence-corrected chi connectivity index (χ1v) is 12.2. The second-order valence-electron chi connectivity index (χ2n) is 9.73. The van der Waals surface area contributed by atoms with Crippen LogP contribution in [0.1, 0.15) is 54.1 Å². The molecule has 1 atom stereocenters. The van der Waals surface area contributed by atoms with Crippen molar-refractivity contribution in [3.05, 3.63) is 57.8 Å². The van der Waals surface area contributed by atoms with Crippen molar-refractivity contribution in [2.75, 3.05) is 32.5 Å². The zero-order valence-corrected chi connectivity index (χ0v) is 20.4. The van der Waals surface area contributed by atoms with Crippen LogP contribution < -0.4 is 10.9 Å². The highest BCUT2D eigenvalue weighted by atomic mass is 19.1. The van der Waals surface area contributed by atoms with Gasteiger partial charge < -0.3 is 15.1 Å². The van der Waals surface area contributed by atoms with Gasteiger partial charge in [0.1, 0.15) is 23.1 Å². The van der Waals surface area contributed by atoms with E-state index in [0.717, 1.165) is 32.1 Å². The minimum Gasteiger partial charge on any atom is -0.337 e. The number of pyridine rings is 1. The van der Waals surface area contributed by atoms with Crippen LogP contribution in [0.25, 0.3) is 11.0 Å². The summed E-state index contributed by atoms with van der Waals surface area (Å²) in [5.41, 5.74) is 0.572. The number of likely N-dealkylation sites (tertiary alicyclic amines) is 1. The molecule has 0 radical (unpaired) electrons. The van der Waals surface area contributed by atoms with Gasteiger partial charge in [0.05, 0.1) is 5.56 Å². The number of aromatic nitrogens is 3. The number of nitriles is 1. The number of nitrogens with zero attached hydrogens (tertiary/aromatic N) is 6. The molecule has 1 N–H and O–H groups in total. The van der Waals surface area contributed by atoms with E-state index in [1.165, 1.54) is 18.2 Å². The Bertz CT molecular complexity index is 1420. The maximum Gasteiger partial charge on any atom is 0.270 e. The van der Waals surface area contributed by atoms with Crippen LogP contribution in [-0.4, -0.2) is 63.5 Å². The molecule has 186 valence electrons. The SMILES string of the molecule is CN(C)C1CCN(C(=O)c2ccc(Nc3ncc4cc(C#N)c(=O)n(C5CCCC5)c4n3)cc2F)C1. The van der Waals surface area contributed by atoms with Crippen molar-refractivity contribution < 1.29 is 9.18 Å². The molecule has 1 saturated heterocycles. The number of anilines is 2. The molecule has 2 fully saturated rings. The van der Waals surface area contributed by atoms with E-state index in [-0.39, 0.29) is 40.6 Å². The Morgan fingerprint density at radius 1 is 1.22 bits per heavy atom. The Morgan fingerprint density at radius 2 is 2.00 bits per heavy atom. The van der Waals surface area contributed by atoms with Crippen LogP contribution >= 0.6 is 0 Å². The van der Waals surface area contributed by atoms with Crippen LogP contribution in [0.2, 0.25) is 0 Å². The first kappa shape index (κ1) is 23.9. The zero-order valence-electron chi connectivity index (χ0n) is 20.4. The first-order valence-electron chi connectivity index (χ1n) is 12.2. The summed E-state index contributed by atoms with van der Waals surface area (Å²) >= 11 is 0. The average molecular weight is 490 g/mol. The molecule has 3 aromatic rings. The number of benzene rings is 1. The fraction of sp³-hybridized carbons (Fsp3) is 0.423. The molecule has 1 amide bonds. The van der Waals surface area contributed by atoms with Crippen LogP contribution in [-0.2, 0) is 0 Å². The van der Waals surface area contributed by atoms with Crippen molar-refractivity contribution in [2.24, 2.45) is 0 Å². The van der Waals surface area contributed by atoms with Gasteiger partial charge in [-0.1, -0.05) is 12.8 Å². The van der Waals surface area contributed by atoms with Gasteiger partial charge in [0, 0.05) is 42.4 Å². The van der Waals surface area contributed by atoms with Gasteiger partial charge in [-0.25, -0.2) is 9.37 Å². The summed E-state index contributed by atoms with van der Waals surface area (Å²) in [5, 5.41) is 13.0. The van der Waals surface area contributed by atoms with Gasteiger partial charge in [-0.05, 0) is 57.6 Å². The van der Waals surface area contributed by atoms with Gasteiger partial charge in [0.2, 0.25) is 5.95 Å². The summed E-state index contributed by atoms with van der Waals surface area (Å²) < 4.78 is 16.6. The predicted octanol–water partition coefficient (Wildman–Crippen LogP) is 3.44. The van der Waals surface area contributed by atoms with E-state index >= 15 is 0 Å². The molecule has 1 unspecified atom stereocenters. The van der Waals surface area contributed by atoms with Gasteiger partial charge in [0.25, 0.3) is 11.5 Å². The molecule has 2 aromatic heterocycles. The third-order valence-electron chi connectivity index (χ3n) is 7.22. The van der Waals surface area contributed by atoms with E-state index in [2.05, 4.69) is 20.2 Å². The average Bonchev–Trinajstić information content (AvgIpc) is 3.56. The molecule has 0 spiro atoms. The number of fused-ring (bicyclic) bond motifs is 1. The van der Waals surface area contributed by atoms with Crippen molar-refractivity contribution >= 4 is 28.6 Å². The van der Waals surface area contributed by atoms with Gasteiger partial charge in [0.15, 0.2) is 0 Å². The van der Waals surface area contributed by atoms with Crippen LogP contribution in [0.5, 0.6) is 0 Å². The van der Waals surface area contributed by atoms with Crippen molar-refractivity contribution in [3.63, 3.8) is 0 Å². The van der Waals surface area contributed by atoms with Gasteiger partial charge in [-0.2, -0.15) is 10.2 Å². The number of amides is 1. The molecular weight excluding hydrogens is 461 g/mol. The number of hydrogen-bond acceptors (Lipinski definition) is 7. The summed E-state index contributed by atoms with van der Waals surface area (Å²) in [6.45, 7) is 1.18. The molecule has 10 heteroatoms. The summed E-state index contributed by atoms with van der Waals surface area (Å²) in [6.07, 6.45) is 6.15. The van der Waals surface area contributed by atoms with E-state index in [1.54, 1.807) is 21.7 Å². The summed E-state index contributed by atoms with van der Waals surface area (Å²) in [4.78, 5) is 38.4. The summed E-state index contributed by atoms with van der Waals surface area (Å²) in [7, 11) is 3.95. The summed E-state index contributed by atoms with van der Waals surface area (Å²) in [6, 6.07) is 8.08. The lowest BCUT2D eigenvalue weighted by molar-refractivity contribution is 0.0778. The second kappa shape index (κ2) is 9.66. The lowest BCUT2D eigenvalue weighted by Gasteiger charge is -2.20. The quantitative estimate of drug-likeness (QED) is 0.585. The topological polar surface area (TPSA) is 107 Å². The number of nitrogens with one attached hydrogen (secondary N) is 1. The predicted molar refractivity (Wildman–Crippen MR) is 134 cm³/mol. The standard InChI is InChI=1S/C26H28FN7O2/c1-32(2)20-9-10-33(15-20)25(36)21-8-7-18(12-22(21)27)30-26-29-14-17-11-16(13-28)24(35)34(23(17)31-26)19-5-3-4-6-19/h7-8,11-12,14,19-20H,3-6,9-10,15H2,1-2H3,(H,29,30,31). The Hall–Kier alpha value is -3.84. The third kappa shape index (κ3) is 4.42. The van der Waals surface area contributed by atoms with Crippen LogP contribution in [0, 0.1) is 17.1 Å². The Kier molecular flexibility index (Phi) is 6.41. The number of halogens is 1. The summed E-state index contributed by atoms with van der Waals surface area (Å²) in [5.74, 6) is -0.745. The highest BCUT2D eigenvalue weighted by molar-refractivity contribution is 5.95. The highest BCUT2D eigenvalue weighted by Crippen LogP contribution is 2.31. The van der Waals surface area contributed by atoms with Crippen molar-refractivity contribution in [3.8, 4) is 6.07 Å². The van der Waals surface area contributed by atoms with E-state index in [4.69, 9.17) is 0 Å². The number of carbonyl (C=O) groups is 1. The minimum atomic E-state index is -0.624. The van der Waals surface area contributed by atoms with Crippen molar-refractivity contribution in [2.45, 2.75) is 44.2 Å². The largest absolute Gasteiger partial charge is 0.337 e. The number of rotatable bonds is 5. The van der Waals surface area contributed by atoms with Crippen molar-refractivity contribution in [1.29, 1.82) is 5.26 Å². The van der Waals surface area contributed by atoms with E-state index in [0.29, 0.717) is 29.8 Å². The molecule has 9 nitrogen and oxygen atoms in total. The lowest BCUT2D eigenvalue weighted by Crippen LogP contribution is -2.34. The number of likely N-dealkylation sites (N-methyl/N-ethyl adjacent to an activating group) is 1. The molecule has 0 bridgehead atoms. The molecular formula is C26H28FN7O2. The smallest absolute Gasteiger partial charge is 0.270 e. The molecule has 2 aliphatic rings. The highest BCUT2D eigenvalue weighted by Gasteiger charge is 2.29. The fourth-order valence-electron chi connectivity index (χ4n) is 5.18. The minimum absolute atomic E-state index is 0.0172. The molecule has 5 rings (SSSR count). The van der Waals surface area contributed by atoms with E-state index in [1.807, 2.05) is 20.2 Å². The lowest BCUT2D eigenvalue weighted by atomic mass is 10.1. The molecule has 1 aromatic carbocycles. The second-order valence-corrected chi connectivity index (χ2v) is 9.73. The fourth-order valence-corrected chi connectivity index (χ4v) is 5.18. The Labute approximate surface area is 208 Å². The number of hydrogen-bond donors (Lipinski definition) is 1. The molecule has 1 aliphatic carbocycles. The Balaban J connectivity index is 1.41. The van der Waals surface area contributed by atoms with Crippen LogP contribution in [0.4, 0.5) is 16.0 Å². The third-order valence-corrected chi connectivity index (χ3v) is 7.22. The molecule has 3 heterocycles. The van der Waals surface area contributed by atoms with E-state index < -0.39 is 5.82 Å². The van der Waals surface area contributed by atoms with Crippen LogP contribution in [0.3, 0.4) is 0 Å².